The maximum Gasteiger partial charge on any atom is 0.456 e. The molecular formula is C23H27ClF4N2O3. The molecule has 1 amide bonds. The largest absolute Gasteiger partial charge is 0.456 e. The standard InChI is InChI=1S/C23H27ClF4N2O3/c1-21(2,3)33-20(32)30(7)22(4,5)14-11-17(13-8-9-16(25)15(24)10-13)29(6)18(12-14)19(31)23(26,27)28/h8-12,17H,1-7H3. The Hall–Kier alpha value is -2.55. The molecule has 182 valence electrons. The van der Waals surface area contributed by atoms with Crippen LogP contribution in [0.2, 0.25) is 5.02 Å². The van der Waals surface area contributed by atoms with Gasteiger partial charge in [0.15, 0.2) is 0 Å². The third kappa shape index (κ3) is 5.88. The number of benzene rings is 1. The lowest BCUT2D eigenvalue weighted by Crippen LogP contribution is -2.49. The number of hydrogen-bond acceptors (Lipinski definition) is 4. The Labute approximate surface area is 195 Å². The van der Waals surface area contributed by atoms with Crippen molar-refractivity contribution in [3.8, 4) is 0 Å². The highest BCUT2D eigenvalue weighted by atomic mass is 35.5. The van der Waals surface area contributed by atoms with E-state index in [-0.39, 0.29) is 10.6 Å². The zero-order valence-corrected chi connectivity index (χ0v) is 20.2. The van der Waals surface area contributed by atoms with Gasteiger partial charge in [-0.1, -0.05) is 23.7 Å². The molecule has 0 saturated carbocycles. The first kappa shape index (κ1) is 26.7. The summed E-state index contributed by atoms with van der Waals surface area (Å²) in [6.45, 7) is 8.31. The highest BCUT2D eigenvalue weighted by Crippen LogP contribution is 2.39. The lowest BCUT2D eigenvalue weighted by molar-refractivity contribution is -0.168. The third-order valence-electron chi connectivity index (χ3n) is 5.41. The molecular weight excluding hydrogens is 464 g/mol. The molecule has 0 aromatic heterocycles. The van der Waals surface area contributed by atoms with Crippen LogP contribution in [0.25, 0.3) is 0 Å². The van der Waals surface area contributed by atoms with Crippen LogP contribution in [0.5, 0.6) is 0 Å². The van der Waals surface area contributed by atoms with Crippen LogP contribution in [-0.4, -0.2) is 53.1 Å². The molecule has 1 aromatic carbocycles. The van der Waals surface area contributed by atoms with Crippen LogP contribution in [-0.2, 0) is 9.53 Å². The number of likely N-dealkylation sites (N-methyl/N-ethyl adjacent to an activating group) is 2. The quantitative estimate of drug-likeness (QED) is 0.482. The topological polar surface area (TPSA) is 49.9 Å². The molecule has 1 atom stereocenters. The molecule has 33 heavy (non-hydrogen) atoms. The molecule has 0 saturated heterocycles. The van der Waals surface area contributed by atoms with E-state index in [0.29, 0.717) is 5.56 Å². The first-order chi connectivity index (χ1) is 14.9. The number of allylic oxidation sites excluding steroid dienone is 1. The van der Waals surface area contributed by atoms with Gasteiger partial charge >= 0.3 is 12.3 Å². The van der Waals surface area contributed by atoms with Crippen LogP contribution in [0.3, 0.4) is 0 Å². The summed E-state index contributed by atoms with van der Waals surface area (Å²) in [6.07, 6.45) is -3.09. The molecule has 0 fully saturated rings. The summed E-state index contributed by atoms with van der Waals surface area (Å²) < 4.78 is 59.2. The molecule has 0 aliphatic carbocycles. The summed E-state index contributed by atoms with van der Waals surface area (Å²) in [6, 6.07) is 2.89. The fraction of sp³-hybridized carbons (Fsp3) is 0.478. The van der Waals surface area contributed by atoms with Crippen molar-refractivity contribution in [2.75, 3.05) is 14.1 Å². The highest BCUT2D eigenvalue weighted by molar-refractivity contribution is 6.30. The summed E-state index contributed by atoms with van der Waals surface area (Å²) in [5, 5.41) is -0.209. The summed E-state index contributed by atoms with van der Waals surface area (Å²) in [5.41, 5.74) is -1.92. The van der Waals surface area contributed by atoms with Gasteiger partial charge in [-0.25, -0.2) is 9.18 Å². The van der Waals surface area contributed by atoms with Crippen LogP contribution in [0.1, 0.15) is 46.2 Å². The molecule has 0 radical (unpaired) electrons. The van der Waals surface area contributed by atoms with Gasteiger partial charge in [0, 0.05) is 14.1 Å². The van der Waals surface area contributed by atoms with E-state index in [1.165, 1.54) is 31.1 Å². The Morgan fingerprint density at radius 3 is 2.18 bits per heavy atom. The minimum Gasteiger partial charge on any atom is -0.444 e. The van der Waals surface area contributed by atoms with E-state index in [4.69, 9.17) is 16.3 Å². The number of nitrogens with zero attached hydrogens (tertiary/aromatic N) is 2. The molecule has 1 unspecified atom stereocenters. The summed E-state index contributed by atoms with van der Waals surface area (Å²) in [5.74, 6) is -2.72. The van der Waals surface area contributed by atoms with Gasteiger partial charge in [0.05, 0.1) is 22.3 Å². The number of amides is 1. The van der Waals surface area contributed by atoms with E-state index in [9.17, 15) is 27.2 Å². The van der Waals surface area contributed by atoms with Gasteiger partial charge in [-0.05, 0) is 64.0 Å². The van der Waals surface area contributed by atoms with Gasteiger partial charge in [0.1, 0.15) is 11.4 Å². The van der Waals surface area contributed by atoms with Crippen molar-refractivity contribution < 1.29 is 31.9 Å². The molecule has 1 aliphatic heterocycles. The average molecular weight is 491 g/mol. The molecule has 0 N–H and O–H groups in total. The Kier molecular flexibility index (Phi) is 7.29. The minimum atomic E-state index is -5.12. The second-order valence-electron chi connectivity index (χ2n) is 9.31. The van der Waals surface area contributed by atoms with E-state index < -0.39 is 46.7 Å². The van der Waals surface area contributed by atoms with E-state index in [1.54, 1.807) is 40.7 Å². The lowest BCUT2D eigenvalue weighted by atomic mass is 9.85. The van der Waals surface area contributed by atoms with E-state index in [0.717, 1.165) is 17.0 Å². The summed E-state index contributed by atoms with van der Waals surface area (Å²) in [4.78, 5) is 27.3. The van der Waals surface area contributed by atoms with Crippen molar-refractivity contribution in [3.05, 3.63) is 58.0 Å². The number of hydrogen-bond donors (Lipinski definition) is 0. The Balaban J connectivity index is 2.62. The van der Waals surface area contributed by atoms with Crippen LogP contribution in [0.15, 0.2) is 41.6 Å². The van der Waals surface area contributed by atoms with Gasteiger partial charge in [0.25, 0.3) is 5.78 Å². The monoisotopic (exact) mass is 490 g/mol. The minimum absolute atomic E-state index is 0.209. The second-order valence-corrected chi connectivity index (χ2v) is 9.71. The number of ketones is 1. The number of carbonyl (C=O) groups is 2. The van der Waals surface area contributed by atoms with E-state index in [2.05, 4.69) is 0 Å². The van der Waals surface area contributed by atoms with Gasteiger partial charge in [-0.2, -0.15) is 13.2 Å². The fourth-order valence-corrected chi connectivity index (χ4v) is 3.44. The normalized spacial score (nSPS) is 17.3. The highest BCUT2D eigenvalue weighted by Gasteiger charge is 2.45. The molecule has 0 spiro atoms. The number of halogens is 5. The van der Waals surface area contributed by atoms with Crippen LogP contribution in [0, 0.1) is 5.82 Å². The number of alkyl halides is 3. The zero-order valence-electron chi connectivity index (χ0n) is 19.5. The number of rotatable bonds is 4. The van der Waals surface area contributed by atoms with Gasteiger partial charge in [0.2, 0.25) is 0 Å². The molecule has 2 rings (SSSR count). The Morgan fingerprint density at radius 1 is 1.12 bits per heavy atom. The van der Waals surface area contributed by atoms with Gasteiger partial charge in [-0.15, -0.1) is 0 Å². The van der Waals surface area contributed by atoms with Crippen molar-refractivity contribution in [1.29, 1.82) is 0 Å². The van der Waals surface area contributed by atoms with Gasteiger partial charge in [-0.3, -0.25) is 4.79 Å². The van der Waals surface area contributed by atoms with Gasteiger partial charge < -0.3 is 14.5 Å². The van der Waals surface area contributed by atoms with E-state index in [1.807, 2.05) is 0 Å². The predicted octanol–water partition coefficient (Wildman–Crippen LogP) is 6.05. The second kappa shape index (κ2) is 9.00. The van der Waals surface area contributed by atoms with E-state index >= 15 is 0 Å². The van der Waals surface area contributed by atoms with Crippen molar-refractivity contribution in [3.63, 3.8) is 0 Å². The molecule has 1 heterocycles. The summed E-state index contributed by atoms with van der Waals surface area (Å²) in [7, 11) is 2.78. The Morgan fingerprint density at radius 2 is 1.70 bits per heavy atom. The Bertz CT molecular complexity index is 1010. The number of Topliss-reactive ketones (excluding diaryl/α,β-unsaturated/α-hetero) is 1. The summed E-state index contributed by atoms with van der Waals surface area (Å²) >= 11 is 5.89. The first-order valence-electron chi connectivity index (χ1n) is 10.1. The molecule has 1 aliphatic rings. The first-order valence-corrected chi connectivity index (χ1v) is 10.4. The maximum absolute atomic E-state index is 13.7. The van der Waals surface area contributed by atoms with Crippen molar-refractivity contribution in [1.82, 2.24) is 9.80 Å². The number of ether oxygens (including phenoxy) is 1. The SMILES string of the molecule is CN1C(C(=O)C(F)(F)F)=CC(C(C)(C)N(C)C(=O)OC(C)(C)C)=CC1c1ccc(F)c(Cl)c1. The molecule has 1 aromatic rings. The zero-order chi connectivity index (χ0) is 25.5. The van der Waals surface area contributed by atoms with Crippen molar-refractivity contribution in [2.24, 2.45) is 0 Å². The number of carbonyl (C=O) groups excluding carboxylic acids is 2. The molecule has 0 bridgehead atoms. The van der Waals surface area contributed by atoms with Crippen LogP contribution in [0.4, 0.5) is 22.4 Å². The van der Waals surface area contributed by atoms with Crippen molar-refractivity contribution >= 4 is 23.5 Å². The predicted molar refractivity (Wildman–Crippen MR) is 117 cm³/mol. The third-order valence-corrected chi connectivity index (χ3v) is 5.70. The average Bonchev–Trinajstić information content (AvgIpc) is 2.67. The van der Waals surface area contributed by atoms with Crippen LogP contribution >= 0.6 is 11.6 Å². The maximum atomic E-state index is 13.7. The smallest absolute Gasteiger partial charge is 0.444 e. The fourth-order valence-electron chi connectivity index (χ4n) is 3.25. The molecule has 10 heteroatoms. The van der Waals surface area contributed by atoms with Crippen molar-refractivity contribution in [2.45, 2.75) is 58.0 Å². The molecule has 5 nitrogen and oxygen atoms in total. The van der Waals surface area contributed by atoms with Crippen LogP contribution < -0.4 is 0 Å². The lowest BCUT2D eigenvalue weighted by Gasteiger charge is -2.42.